The number of nitrogens with one attached hydrogen (secondary N) is 1. The summed E-state index contributed by atoms with van der Waals surface area (Å²) in [5, 5.41) is 2.73. The van der Waals surface area contributed by atoms with Gasteiger partial charge in [-0.2, -0.15) is 0 Å². The molecule has 0 saturated heterocycles. The maximum Gasteiger partial charge on any atom is 0.278 e. The minimum atomic E-state index is -0.421. The zero-order valence-corrected chi connectivity index (χ0v) is 11.5. The van der Waals surface area contributed by atoms with Crippen LogP contribution < -0.4 is 11.1 Å². The van der Waals surface area contributed by atoms with Crippen molar-refractivity contribution >= 4 is 17.4 Å². The van der Waals surface area contributed by atoms with Crippen LogP contribution in [0.15, 0.2) is 55.2 Å². The van der Waals surface area contributed by atoms with E-state index in [2.05, 4.69) is 25.3 Å². The molecule has 2 heterocycles. The number of hydrogen-bond donors (Lipinski definition) is 2. The van der Waals surface area contributed by atoms with Crippen molar-refractivity contribution in [3.63, 3.8) is 0 Å². The Bertz CT molecular complexity index is 792. The SMILES string of the molecule is Nc1ncc(-c2cncnc2)nc1C(=O)Nc1ccccc1. The molecule has 0 bridgehead atoms. The first kappa shape index (κ1) is 13.6. The van der Waals surface area contributed by atoms with E-state index >= 15 is 0 Å². The minimum Gasteiger partial charge on any atom is -0.382 e. The van der Waals surface area contributed by atoms with Crippen molar-refractivity contribution in [2.75, 3.05) is 11.1 Å². The van der Waals surface area contributed by atoms with Crippen LogP contribution in [0.25, 0.3) is 11.3 Å². The Kier molecular flexibility index (Phi) is 3.69. The predicted molar refractivity (Wildman–Crippen MR) is 81.9 cm³/mol. The monoisotopic (exact) mass is 292 g/mol. The van der Waals surface area contributed by atoms with E-state index < -0.39 is 5.91 Å². The molecule has 7 heteroatoms. The number of nitrogen functional groups attached to an aromatic ring is 1. The number of anilines is 2. The lowest BCUT2D eigenvalue weighted by molar-refractivity contribution is 0.102. The molecule has 0 aliphatic carbocycles. The molecule has 3 rings (SSSR count). The van der Waals surface area contributed by atoms with Crippen LogP contribution in [0.4, 0.5) is 11.5 Å². The van der Waals surface area contributed by atoms with E-state index in [1.165, 1.54) is 12.5 Å². The summed E-state index contributed by atoms with van der Waals surface area (Å²) in [6, 6.07) is 9.05. The zero-order valence-electron chi connectivity index (χ0n) is 11.5. The number of nitrogens with two attached hydrogens (primary N) is 1. The fourth-order valence-electron chi connectivity index (χ4n) is 1.85. The Morgan fingerprint density at radius 3 is 2.50 bits per heavy atom. The fourth-order valence-corrected chi connectivity index (χ4v) is 1.85. The molecule has 108 valence electrons. The predicted octanol–water partition coefficient (Wildman–Crippen LogP) is 1.77. The lowest BCUT2D eigenvalue weighted by Crippen LogP contribution is -2.17. The number of rotatable bonds is 3. The standard InChI is InChI=1S/C15H12N6O/c16-14-13(15(22)20-11-4-2-1-3-5-11)21-12(8-19-14)10-6-17-9-18-7-10/h1-9H,(H2,16,19)(H,20,22). The van der Waals surface area contributed by atoms with Gasteiger partial charge >= 0.3 is 0 Å². The molecule has 1 amide bonds. The second-order valence-electron chi connectivity index (χ2n) is 4.44. The van der Waals surface area contributed by atoms with Crippen molar-refractivity contribution in [1.82, 2.24) is 19.9 Å². The summed E-state index contributed by atoms with van der Waals surface area (Å²) in [4.78, 5) is 28.4. The van der Waals surface area contributed by atoms with Gasteiger partial charge in [-0.25, -0.2) is 19.9 Å². The highest BCUT2D eigenvalue weighted by atomic mass is 16.1. The van der Waals surface area contributed by atoms with Gasteiger partial charge < -0.3 is 11.1 Å². The zero-order chi connectivity index (χ0) is 15.4. The smallest absolute Gasteiger partial charge is 0.278 e. The highest BCUT2D eigenvalue weighted by molar-refractivity contribution is 6.05. The normalized spacial score (nSPS) is 10.2. The van der Waals surface area contributed by atoms with Gasteiger partial charge in [-0.15, -0.1) is 0 Å². The number of amides is 1. The summed E-state index contributed by atoms with van der Waals surface area (Å²) in [7, 11) is 0. The molecule has 7 nitrogen and oxygen atoms in total. The van der Waals surface area contributed by atoms with Crippen LogP contribution in [0.3, 0.4) is 0 Å². The average molecular weight is 292 g/mol. The maximum absolute atomic E-state index is 12.3. The summed E-state index contributed by atoms with van der Waals surface area (Å²) in [6.07, 6.45) is 6.07. The van der Waals surface area contributed by atoms with Crippen LogP contribution in [0.1, 0.15) is 10.5 Å². The van der Waals surface area contributed by atoms with Gasteiger partial charge in [-0.05, 0) is 12.1 Å². The van der Waals surface area contributed by atoms with Gasteiger partial charge in [-0.1, -0.05) is 18.2 Å². The van der Waals surface area contributed by atoms with Crippen molar-refractivity contribution in [3.8, 4) is 11.3 Å². The third-order valence-corrected chi connectivity index (χ3v) is 2.90. The van der Waals surface area contributed by atoms with Crippen LogP contribution >= 0.6 is 0 Å². The van der Waals surface area contributed by atoms with E-state index in [-0.39, 0.29) is 11.5 Å². The Morgan fingerprint density at radius 2 is 1.77 bits per heavy atom. The molecule has 2 aromatic heterocycles. The first-order chi connectivity index (χ1) is 10.7. The average Bonchev–Trinajstić information content (AvgIpc) is 2.57. The van der Waals surface area contributed by atoms with Gasteiger partial charge in [0.1, 0.15) is 6.33 Å². The van der Waals surface area contributed by atoms with E-state index in [0.717, 1.165) is 0 Å². The molecule has 0 radical (unpaired) electrons. The molecular formula is C15H12N6O. The molecule has 0 saturated carbocycles. The van der Waals surface area contributed by atoms with Crippen LogP contribution in [-0.4, -0.2) is 25.8 Å². The van der Waals surface area contributed by atoms with Gasteiger partial charge in [0.15, 0.2) is 11.5 Å². The number of hydrogen-bond acceptors (Lipinski definition) is 6. The molecule has 0 aliphatic heterocycles. The molecule has 3 N–H and O–H groups in total. The van der Waals surface area contributed by atoms with Crippen LogP contribution in [0.2, 0.25) is 0 Å². The molecule has 1 aromatic carbocycles. The van der Waals surface area contributed by atoms with Crippen LogP contribution in [0.5, 0.6) is 0 Å². The molecule has 3 aromatic rings. The fraction of sp³-hybridized carbons (Fsp3) is 0. The summed E-state index contributed by atoms with van der Waals surface area (Å²) in [6.45, 7) is 0. The van der Waals surface area contributed by atoms with Gasteiger partial charge in [0.05, 0.1) is 11.9 Å². The first-order valence-corrected chi connectivity index (χ1v) is 6.48. The van der Waals surface area contributed by atoms with Gasteiger partial charge in [-0.3, -0.25) is 4.79 Å². The second-order valence-corrected chi connectivity index (χ2v) is 4.44. The molecule has 0 unspecified atom stereocenters. The second kappa shape index (κ2) is 5.96. The quantitative estimate of drug-likeness (QED) is 0.762. The summed E-state index contributed by atoms with van der Waals surface area (Å²) >= 11 is 0. The van der Waals surface area contributed by atoms with Gasteiger partial charge in [0.2, 0.25) is 0 Å². The van der Waals surface area contributed by atoms with Gasteiger partial charge in [0.25, 0.3) is 5.91 Å². The van der Waals surface area contributed by atoms with E-state index in [1.807, 2.05) is 18.2 Å². The van der Waals surface area contributed by atoms with Crippen molar-refractivity contribution in [1.29, 1.82) is 0 Å². The highest BCUT2D eigenvalue weighted by Crippen LogP contribution is 2.17. The van der Waals surface area contributed by atoms with E-state index in [9.17, 15) is 4.79 Å². The van der Waals surface area contributed by atoms with Crippen molar-refractivity contribution in [2.24, 2.45) is 0 Å². The molecular weight excluding hydrogens is 280 g/mol. The number of para-hydroxylation sites is 1. The molecule has 0 fully saturated rings. The maximum atomic E-state index is 12.3. The number of carbonyl (C=O) groups is 1. The number of carbonyl (C=O) groups excluding carboxylic acids is 1. The molecule has 0 aliphatic rings. The Balaban J connectivity index is 1.91. The van der Waals surface area contributed by atoms with Crippen molar-refractivity contribution in [3.05, 3.63) is 60.9 Å². The largest absolute Gasteiger partial charge is 0.382 e. The van der Waals surface area contributed by atoms with E-state index in [0.29, 0.717) is 16.9 Å². The third-order valence-electron chi connectivity index (χ3n) is 2.90. The Hall–Kier alpha value is -3.35. The number of aromatic nitrogens is 4. The Labute approximate surface area is 126 Å². The van der Waals surface area contributed by atoms with Crippen molar-refractivity contribution in [2.45, 2.75) is 0 Å². The third kappa shape index (κ3) is 2.88. The van der Waals surface area contributed by atoms with E-state index in [1.54, 1.807) is 24.5 Å². The molecule has 0 atom stereocenters. The highest BCUT2D eigenvalue weighted by Gasteiger charge is 2.15. The van der Waals surface area contributed by atoms with Gasteiger partial charge in [0, 0.05) is 23.6 Å². The van der Waals surface area contributed by atoms with Crippen LogP contribution in [-0.2, 0) is 0 Å². The first-order valence-electron chi connectivity index (χ1n) is 6.48. The summed E-state index contributed by atoms with van der Waals surface area (Å²) < 4.78 is 0. The number of benzene rings is 1. The molecule has 22 heavy (non-hydrogen) atoms. The summed E-state index contributed by atoms with van der Waals surface area (Å²) in [5.41, 5.74) is 7.61. The minimum absolute atomic E-state index is 0.0604. The lowest BCUT2D eigenvalue weighted by Gasteiger charge is -2.08. The number of nitrogens with zero attached hydrogens (tertiary/aromatic N) is 4. The van der Waals surface area contributed by atoms with Crippen LogP contribution in [0, 0.1) is 0 Å². The topological polar surface area (TPSA) is 107 Å². The lowest BCUT2D eigenvalue weighted by atomic mass is 10.2. The van der Waals surface area contributed by atoms with E-state index in [4.69, 9.17) is 5.73 Å². The summed E-state index contributed by atoms with van der Waals surface area (Å²) in [5.74, 6) is -0.357. The Morgan fingerprint density at radius 1 is 1.05 bits per heavy atom. The van der Waals surface area contributed by atoms with Crippen molar-refractivity contribution < 1.29 is 4.79 Å². The molecule has 0 spiro atoms.